The minimum Gasteiger partial charge on any atom is -0.292 e. The van der Waals surface area contributed by atoms with E-state index in [0.717, 1.165) is 13.0 Å². The molecule has 0 saturated heterocycles. The standard InChI is InChI=1S/C10H12BrN5O2/c1-2-3-16-8(12-6-13-16)5-15-4-7(11)9(17)14-10(15)18/h4,6H,2-3,5H2,1H3,(H,14,17,18). The van der Waals surface area contributed by atoms with E-state index in [1.165, 1.54) is 17.1 Å². The number of nitrogens with zero attached hydrogens (tertiary/aromatic N) is 4. The van der Waals surface area contributed by atoms with E-state index < -0.39 is 11.2 Å². The predicted molar refractivity (Wildman–Crippen MR) is 68.4 cm³/mol. The summed E-state index contributed by atoms with van der Waals surface area (Å²) in [6.45, 7) is 3.05. The molecule has 2 rings (SSSR count). The highest BCUT2D eigenvalue weighted by atomic mass is 79.9. The van der Waals surface area contributed by atoms with Crippen LogP contribution in [-0.2, 0) is 13.1 Å². The number of hydrogen-bond donors (Lipinski definition) is 1. The van der Waals surface area contributed by atoms with Gasteiger partial charge in [-0.2, -0.15) is 5.10 Å². The lowest BCUT2D eigenvalue weighted by molar-refractivity contribution is 0.546. The second-order valence-electron chi connectivity index (χ2n) is 3.76. The van der Waals surface area contributed by atoms with Crippen molar-refractivity contribution >= 4 is 15.9 Å². The molecule has 8 heteroatoms. The fourth-order valence-electron chi connectivity index (χ4n) is 1.56. The average Bonchev–Trinajstić information content (AvgIpc) is 2.74. The van der Waals surface area contributed by atoms with Crippen molar-refractivity contribution < 1.29 is 0 Å². The molecule has 96 valence electrons. The van der Waals surface area contributed by atoms with E-state index >= 15 is 0 Å². The zero-order chi connectivity index (χ0) is 13.1. The number of aromatic amines is 1. The number of rotatable bonds is 4. The summed E-state index contributed by atoms with van der Waals surface area (Å²) in [5.41, 5.74) is -0.902. The lowest BCUT2D eigenvalue weighted by Gasteiger charge is -2.06. The summed E-state index contributed by atoms with van der Waals surface area (Å²) in [6.07, 6.45) is 3.84. The van der Waals surface area contributed by atoms with E-state index in [0.29, 0.717) is 10.3 Å². The van der Waals surface area contributed by atoms with Crippen LogP contribution in [0.5, 0.6) is 0 Å². The highest BCUT2D eigenvalue weighted by molar-refractivity contribution is 9.10. The first kappa shape index (κ1) is 12.7. The number of halogens is 1. The third-order valence-corrected chi connectivity index (χ3v) is 2.98. The van der Waals surface area contributed by atoms with Crippen LogP contribution in [0.25, 0.3) is 0 Å². The van der Waals surface area contributed by atoms with Crippen molar-refractivity contribution in [1.82, 2.24) is 24.3 Å². The van der Waals surface area contributed by atoms with Crippen LogP contribution in [0.1, 0.15) is 19.2 Å². The SMILES string of the molecule is CCCn1ncnc1Cn1cc(Br)c(=O)[nH]c1=O. The second-order valence-corrected chi connectivity index (χ2v) is 4.62. The monoisotopic (exact) mass is 313 g/mol. The van der Waals surface area contributed by atoms with Crippen molar-refractivity contribution in [3.8, 4) is 0 Å². The van der Waals surface area contributed by atoms with Gasteiger partial charge in [0.15, 0.2) is 0 Å². The van der Waals surface area contributed by atoms with Gasteiger partial charge in [0.1, 0.15) is 12.2 Å². The fraction of sp³-hybridized carbons (Fsp3) is 0.400. The molecule has 0 radical (unpaired) electrons. The van der Waals surface area contributed by atoms with Gasteiger partial charge in [0, 0.05) is 12.7 Å². The minimum absolute atomic E-state index is 0.272. The smallest absolute Gasteiger partial charge is 0.292 e. The molecule has 0 fully saturated rings. The van der Waals surface area contributed by atoms with E-state index in [-0.39, 0.29) is 6.54 Å². The predicted octanol–water partition coefficient (Wildman–Crippen LogP) is 0.349. The molecule has 0 amide bonds. The van der Waals surface area contributed by atoms with Crippen LogP contribution < -0.4 is 11.2 Å². The van der Waals surface area contributed by atoms with Crippen LogP contribution >= 0.6 is 15.9 Å². The maximum absolute atomic E-state index is 11.6. The first-order valence-electron chi connectivity index (χ1n) is 5.47. The quantitative estimate of drug-likeness (QED) is 0.882. The molecule has 0 bridgehead atoms. The summed E-state index contributed by atoms with van der Waals surface area (Å²) in [5.74, 6) is 0.679. The molecule has 18 heavy (non-hydrogen) atoms. The Morgan fingerprint density at radius 3 is 2.94 bits per heavy atom. The molecule has 0 aliphatic carbocycles. The van der Waals surface area contributed by atoms with E-state index in [9.17, 15) is 9.59 Å². The van der Waals surface area contributed by atoms with Crippen LogP contribution in [0.2, 0.25) is 0 Å². The number of H-pyrrole nitrogens is 1. The summed E-state index contributed by atoms with van der Waals surface area (Å²) >= 11 is 3.09. The Hall–Kier alpha value is -1.70. The molecule has 0 aromatic carbocycles. The number of hydrogen-bond acceptors (Lipinski definition) is 4. The van der Waals surface area contributed by atoms with Gasteiger partial charge in [-0.05, 0) is 22.4 Å². The van der Waals surface area contributed by atoms with Crippen LogP contribution in [0, 0.1) is 0 Å². The zero-order valence-corrected chi connectivity index (χ0v) is 11.3. The molecule has 2 aromatic heterocycles. The Kier molecular flexibility index (Phi) is 3.75. The van der Waals surface area contributed by atoms with Crippen molar-refractivity contribution in [1.29, 1.82) is 0 Å². The van der Waals surface area contributed by atoms with Gasteiger partial charge >= 0.3 is 5.69 Å². The molecular weight excluding hydrogens is 302 g/mol. The summed E-state index contributed by atoms with van der Waals surface area (Å²) < 4.78 is 3.43. The minimum atomic E-state index is -0.464. The lowest BCUT2D eigenvalue weighted by Crippen LogP contribution is -2.30. The van der Waals surface area contributed by atoms with E-state index in [4.69, 9.17) is 0 Å². The second kappa shape index (κ2) is 5.30. The Labute approximate surface area is 111 Å². The van der Waals surface area contributed by atoms with Gasteiger partial charge < -0.3 is 0 Å². The molecule has 0 aliphatic rings. The number of aryl methyl sites for hydroxylation is 1. The van der Waals surface area contributed by atoms with Crippen molar-refractivity contribution in [2.45, 2.75) is 26.4 Å². The fourth-order valence-corrected chi connectivity index (χ4v) is 1.91. The van der Waals surface area contributed by atoms with E-state index in [1.807, 2.05) is 6.92 Å². The van der Waals surface area contributed by atoms with Gasteiger partial charge in [-0.15, -0.1) is 0 Å². The molecule has 0 aliphatic heterocycles. The first-order valence-corrected chi connectivity index (χ1v) is 6.27. The topological polar surface area (TPSA) is 85.6 Å². The summed E-state index contributed by atoms with van der Waals surface area (Å²) in [7, 11) is 0. The van der Waals surface area contributed by atoms with Crippen LogP contribution in [-0.4, -0.2) is 24.3 Å². The third-order valence-electron chi connectivity index (χ3n) is 2.41. The zero-order valence-electron chi connectivity index (χ0n) is 9.76. The molecule has 0 atom stereocenters. The third kappa shape index (κ3) is 2.58. The molecule has 2 aromatic rings. The highest BCUT2D eigenvalue weighted by Gasteiger charge is 2.07. The molecule has 2 heterocycles. The van der Waals surface area contributed by atoms with Gasteiger partial charge in [-0.25, -0.2) is 14.5 Å². The van der Waals surface area contributed by atoms with Crippen LogP contribution in [0.3, 0.4) is 0 Å². The van der Waals surface area contributed by atoms with Crippen LogP contribution in [0.4, 0.5) is 0 Å². The van der Waals surface area contributed by atoms with Crippen molar-refractivity contribution in [2.75, 3.05) is 0 Å². The molecule has 1 N–H and O–H groups in total. The normalized spacial score (nSPS) is 10.8. The van der Waals surface area contributed by atoms with Crippen molar-refractivity contribution in [3.63, 3.8) is 0 Å². The van der Waals surface area contributed by atoms with E-state index in [1.54, 1.807) is 4.68 Å². The summed E-state index contributed by atoms with van der Waals surface area (Å²) in [5, 5.41) is 4.08. The highest BCUT2D eigenvalue weighted by Crippen LogP contribution is 2.01. The Balaban J connectivity index is 2.34. The maximum atomic E-state index is 11.6. The van der Waals surface area contributed by atoms with Crippen molar-refractivity contribution in [3.05, 3.63) is 43.7 Å². The van der Waals surface area contributed by atoms with Gasteiger partial charge in [-0.1, -0.05) is 6.92 Å². The number of nitrogens with one attached hydrogen (secondary N) is 1. The van der Waals surface area contributed by atoms with Gasteiger partial charge in [-0.3, -0.25) is 14.3 Å². The molecule has 7 nitrogen and oxygen atoms in total. The lowest BCUT2D eigenvalue weighted by atomic mass is 10.4. The van der Waals surface area contributed by atoms with Gasteiger partial charge in [0.2, 0.25) is 0 Å². The Morgan fingerprint density at radius 2 is 2.22 bits per heavy atom. The molecular formula is C10H12BrN5O2. The van der Waals surface area contributed by atoms with Gasteiger partial charge in [0.05, 0.1) is 11.0 Å². The average molecular weight is 314 g/mol. The Bertz CT molecular complexity index is 657. The van der Waals surface area contributed by atoms with Gasteiger partial charge in [0.25, 0.3) is 5.56 Å². The first-order chi connectivity index (χ1) is 8.61. The van der Waals surface area contributed by atoms with Crippen molar-refractivity contribution in [2.24, 2.45) is 0 Å². The largest absolute Gasteiger partial charge is 0.328 e. The summed E-state index contributed by atoms with van der Waals surface area (Å²) in [6, 6.07) is 0. The number of aromatic nitrogens is 5. The van der Waals surface area contributed by atoms with E-state index in [2.05, 4.69) is 31.0 Å². The Morgan fingerprint density at radius 1 is 1.44 bits per heavy atom. The maximum Gasteiger partial charge on any atom is 0.328 e. The molecule has 0 unspecified atom stereocenters. The molecule has 0 spiro atoms. The molecule has 0 saturated carbocycles. The van der Waals surface area contributed by atoms with Crippen LogP contribution in [0.15, 0.2) is 26.6 Å². The summed E-state index contributed by atoms with van der Waals surface area (Å²) in [4.78, 5) is 29.2.